The van der Waals surface area contributed by atoms with E-state index < -0.39 is 0 Å². The van der Waals surface area contributed by atoms with E-state index >= 15 is 0 Å². The van der Waals surface area contributed by atoms with Crippen LogP contribution in [0, 0.1) is 0 Å². The molecule has 1 aromatic heterocycles. The fourth-order valence-corrected chi connectivity index (χ4v) is 2.71. The molecule has 0 bridgehead atoms. The summed E-state index contributed by atoms with van der Waals surface area (Å²) in [5.41, 5.74) is 0. The van der Waals surface area contributed by atoms with E-state index in [9.17, 15) is 5.11 Å². The van der Waals surface area contributed by atoms with Gasteiger partial charge in [0.25, 0.3) is 0 Å². The van der Waals surface area contributed by atoms with Crippen molar-refractivity contribution in [2.45, 2.75) is 0 Å². The highest BCUT2D eigenvalue weighted by Gasteiger charge is 2.12. The number of fused-ring (bicyclic) bond motifs is 1. The molecule has 0 saturated carbocycles. The molecule has 2 rings (SSSR count). The van der Waals surface area contributed by atoms with Gasteiger partial charge in [-0.2, -0.15) is 0 Å². The number of aromatic hydroxyl groups is 1. The minimum atomic E-state index is 0.181. The number of halogens is 3. The summed E-state index contributed by atoms with van der Waals surface area (Å²) in [6.07, 6.45) is 0. The maximum absolute atomic E-state index is 9.40. The van der Waals surface area contributed by atoms with Crippen LogP contribution < -0.4 is 0 Å². The third kappa shape index (κ3) is 1.38. The SMILES string of the molecule is Oc1csc2c(Cl)c(Cl)c(Cl)cc12. The molecular weight excluding hydrogens is 251 g/mol. The Morgan fingerprint density at radius 2 is 1.85 bits per heavy atom. The van der Waals surface area contributed by atoms with Crippen LogP contribution >= 0.6 is 46.1 Å². The van der Waals surface area contributed by atoms with Crippen LogP contribution in [0.25, 0.3) is 10.1 Å². The van der Waals surface area contributed by atoms with Crippen molar-refractivity contribution in [1.82, 2.24) is 0 Å². The van der Waals surface area contributed by atoms with Crippen LogP contribution in [0.2, 0.25) is 15.1 Å². The van der Waals surface area contributed by atoms with Gasteiger partial charge in [-0.05, 0) is 6.07 Å². The normalized spacial score (nSPS) is 11.0. The standard InChI is InChI=1S/C8H3Cl3OS/c9-4-1-3-5(12)2-13-8(3)7(11)6(4)10/h1-2,12H. The molecule has 0 spiro atoms. The zero-order valence-corrected chi connectivity index (χ0v) is 9.23. The lowest BCUT2D eigenvalue weighted by molar-refractivity contribution is 0.483. The second-order valence-electron chi connectivity index (χ2n) is 2.48. The quantitative estimate of drug-likeness (QED) is 0.682. The molecule has 0 aliphatic carbocycles. The van der Waals surface area contributed by atoms with Crippen LogP contribution in [-0.2, 0) is 0 Å². The maximum Gasteiger partial charge on any atom is 0.134 e. The van der Waals surface area contributed by atoms with Crippen LogP contribution in [0.15, 0.2) is 11.4 Å². The summed E-state index contributed by atoms with van der Waals surface area (Å²) in [6, 6.07) is 1.61. The van der Waals surface area contributed by atoms with Crippen LogP contribution in [0.4, 0.5) is 0 Å². The minimum absolute atomic E-state index is 0.181. The summed E-state index contributed by atoms with van der Waals surface area (Å²) in [4.78, 5) is 0. The second-order valence-corrected chi connectivity index (χ2v) is 4.53. The van der Waals surface area contributed by atoms with Crippen LogP contribution in [0.5, 0.6) is 5.75 Å². The Bertz CT molecular complexity index is 478. The number of rotatable bonds is 0. The molecule has 1 heterocycles. The first kappa shape index (κ1) is 9.41. The van der Waals surface area contributed by atoms with Crippen LogP contribution in [0.1, 0.15) is 0 Å². The van der Waals surface area contributed by atoms with E-state index in [-0.39, 0.29) is 5.75 Å². The van der Waals surface area contributed by atoms with Crippen LogP contribution in [-0.4, -0.2) is 5.11 Å². The van der Waals surface area contributed by atoms with Gasteiger partial charge in [0.15, 0.2) is 0 Å². The lowest BCUT2D eigenvalue weighted by atomic mass is 10.2. The Morgan fingerprint density at radius 1 is 1.15 bits per heavy atom. The number of hydrogen-bond acceptors (Lipinski definition) is 2. The summed E-state index contributed by atoms with van der Waals surface area (Å²) in [5.74, 6) is 0.181. The molecule has 1 aromatic carbocycles. The molecule has 0 unspecified atom stereocenters. The first-order valence-electron chi connectivity index (χ1n) is 3.35. The van der Waals surface area contributed by atoms with E-state index in [1.54, 1.807) is 11.4 Å². The van der Waals surface area contributed by atoms with Gasteiger partial charge in [0, 0.05) is 10.8 Å². The van der Waals surface area contributed by atoms with Crippen molar-refractivity contribution in [3.8, 4) is 5.75 Å². The third-order valence-electron chi connectivity index (χ3n) is 1.68. The number of benzene rings is 1. The Labute approximate surface area is 93.5 Å². The van der Waals surface area contributed by atoms with Gasteiger partial charge in [-0.15, -0.1) is 11.3 Å². The molecule has 0 amide bonds. The predicted octanol–water partition coefficient (Wildman–Crippen LogP) is 4.57. The van der Waals surface area contributed by atoms with E-state index in [0.29, 0.717) is 20.5 Å². The minimum Gasteiger partial charge on any atom is -0.506 e. The molecule has 1 nitrogen and oxygen atoms in total. The smallest absolute Gasteiger partial charge is 0.134 e. The van der Waals surface area contributed by atoms with Crippen molar-refractivity contribution in [3.63, 3.8) is 0 Å². The topological polar surface area (TPSA) is 20.2 Å². The summed E-state index contributed by atoms with van der Waals surface area (Å²) in [5, 5.41) is 12.7. The van der Waals surface area contributed by atoms with E-state index in [1.807, 2.05) is 0 Å². The second kappa shape index (κ2) is 3.21. The number of thiophene rings is 1. The molecule has 68 valence electrons. The molecule has 0 aliphatic rings. The van der Waals surface area contributed by atoms with Crippen molar-refractivity contribution in [3.05, 3.63) is 26.5 Å². The van der Waals surface area contributed by atoms with Crippen molar-refractivity contribution in [2.24, 2.45) is 0 Å². The predicted molar refractivity (Wildman–Crippen MR) is 58.5 cm³/mol. The molecule has 2 aromatic rings. The summed E-state index contributed by atoms with van der Waals surface area (Å²) in [7, 11) is 0. The summed E-state index contributed by atoms with van der Waals surface area (Å²) < 4.78 is 0.758. The average molecular weight is 254 g/mol. The zero-order valence-electron chi connectivity index (χ0n) is 6.14. The van der Waals surface area contributed by atoms with Gasteiger partial charge < -0.3 is 5.11 Å². The largest absolute Gasteiger partial charge is 0.506 e. The maximum atomic E-state index is 9.40. The highest BCUT2D eigenvalue weighted by molar-refractivity contribution is 7.18. The van der Waals surface area contributed by atoms with E-state index in [0.717, 1.165) is 4.70 Å². The van der Waals surface area contributed by atoms with Crippen molar-refractivity contribution < 1.29 is 5.11 Å². The zero-order chi connectivity index (χ0) is 9.59. The monoisotopic (exact) mass is 252 g/mol. The van der Waals surface area contributed by atoms with E-state index in [4.69, 9.17) is 34.8 Å². The van der Waals surface area contributed by atoms with E-state index in [1.165, 1.54) is 11.3 Å². The Kier molecular flexibility index (Phi) is 2.32. The van der Waals surface area contributed by atoms with E-state index in [2.05, 4.69) is 0 Å². The Morgan fingerprint density at radius 3 is 2.54 bits per heavy atom. The van der Waals surface area contributed by atoms with Gasteiger partial charge in [-0.1, -0.05) is 34.8 Å². The van der Waals surface area contributed by atoms with Gasteiger partial charge in [0.05, 0.1) is 19.8 Å². The average Bonchev–Trinajstić information content (AvgIpc) is 2.45. The Balaban J connectivity index is 2.96. The van der Waals surface area contributed by atoms with Gasteiger partial charge in [-0.25, -0.2) is 0 Å². The lowest BCUT2D eigenvalue weighted by Crippen LogP contribution is -1.72. The summed E-state index contributed by atoms with van der Waals surface area (Å²) >= 11 is 18.9. The summed E-state index contributed by atoms with van der Waals surface area (Å²) in [6.45, 7) is 0. The van der Waals surface area contributed by atoms with Gasteiger partial charge in [0.2, 0.25) is 0 Å². The lowest BCUT2D eigenvalue weighted by Gasteiger charge is -2.00. The third-order valence-corrected chi connectivity index (χ3v) is 4.06. The van der Waals surface area contributed by atoms with Gasteiger partial charge in [-0.3, -0.25) is 0 Å². The first-order chi connectivity index (χ1) is 6.11. The molecule has 13 heavy (non-hydrogen) atoms. The molecular formula is C8H3Cl3OS. The number of hydrogen-bond donors (Lipinski definition) is 1. The molecule has 0 atom stereocenters. The van der Waals surface area contributed by atoms with Crippen LogP contribution in [0.3, 0.4) is 0 Å². The van der Waals surface area contributed by atoms with Crippen molar-refractivity contribution in [1.29, 1.82) is 0 Å². The fraction of sp³-hybridized carbons (Fsp3) is 0. The molecule has 5 heteroatoms. The van der Waals surface area contributed by atoms with Gasteiger partial charge >= 0.3 is 0 Å². The Hall–Kier alpha value is -0.150. The molecule has 0 radical (unpaired) electrons. The molecule has 0 saturated heterocycles. The highest BCUT2D eigenvalue weighted by Crippen LogP contribution is 2.43. The van der Waals surface area contributed by atoms with Crippen molar-refractivity contribution in [2.75, 3.05) is 0 Å². The highest BCUT2D eigenvalue weighted by atomic mass is 35.5. The fourth-order valence-electron chi connectivity index (χ4n) is 1.06. The first-order valence-corrected chi connectivity index (χ1v) is 5.36. The molecule has 0 fully saturated rings. The van der Waals surface area contributed by atoms with Crippen molar-refractivity contribution >= 4 is 56.2 Å². The molecule has 1 N–H and O–H groups in total. The van der Waals surface area contributed by atoms with Gasteiger partial charge in [0.1, 0.15) is 5.75 Å². The molecule has 0 aliphatic heterocycles.